The van der Waals surface area contributed by atoms with E-state index in [-0.39, 0.29) is 5.91 Å². The molecule has 3 rings (SSSR count). The van der Waals surface area contributed by atoms with Crippen LogP contribution in [-0.4, -0.2) is 44.9 Å². The van der Waals surface area contributed by atoms with Crippen molar-refractivity contribution in [3.05, 3.63) is 90.5 Å². The van der Waals surface area contributed by atoms with E-state index in [4.69, 9.17) is 4.98 Å². The molecule has 0 aliphatic rings. The summed E-state index contributed by atoms with van der Waals surface area (Å²) in [5.74, 6) is 0.262. The zero-order chi connectivity index (χ0) is 24.5. The first kappa shape index (κ1) is 25.4. The van der Waals surface area contributed by atoms with Gasteiger partial charge in [-0.15, -0.1) is 13.2 Å². The van der Waals surface area contributed by atoms with Gasteiger partial charge in [-0.1, -0.05) is 38.1 Å². The zero-order valence-corrected chi connectivity index (χ0v) is 20.3. The van der Waals surface area contributed by atoms with Gasteiger partial charge in [0, 0.05) is 38.3 Å². The number of hydrogen-bond acceptors (Lipinski definition) is 3. The number of amides is 1. The van der Waals surface area contributed by atoms with Gasteiger partial charge in [-0.05, 0) is 48.7 Å². The molecule has 0 unspecified atom stereocenters. The minimum absolute atomic E-state index is 0.179. The monoisotopic (exact) mass is 462 g/mol. The Labute approximate surface area is 202 Å². The lowest BCUT2D eigenvalue weighted by atomic mass is 10.2. The Hall–Kier alpha value is -3.25. The molecule has 1 aromatic heterocycles. The fraction of sp³-hybridized carbons (Fsp3) is 0.357. The van der Waals surface area contributed by atoms with E-state index >= 15 is 0 Å². The lowest BCUT2D eigenvalue weighted by Gasteiger charge is -2.22. The van der Waals surface area contributed by atoms with Crippen LogP contribution in [0.4, 0.5) is 4.39 Å². The molecule has 1 heterocycles. The number of benzene rings is 2. The molecule has 1 amide bonds. The summed E-state index contributed by atoms with van der Waals surface area (Å²) in [6, 6.07) is 12.3. The summed E-state index contributed by atoms with van der Waals surface area (Å²) in [5, 5.41) is 0. The van der Waals surface area contributed by atoms with Crippen LogP contribution in [0.15, 0.2) is 67.8 Å². The molecule has 34 heavy (non-hydrogen) atoms. The Morgan fingerprint density at radius 3 is 2.47 bits per heavy atom. The molecule has 6 heteroatoms. The molecule has 0 saturated carbocycles. The zero-order valence-electron chi connectivity index (χ0n) is 20.3. The molecule has 0 spiro atoms. The van der Waals surface area contributed by atoms with Gasteiger partial charge in [-0.25, -0.2) is 9.37 Å². The number of rotatable bonds is 13. The van der Waals surface area contributed by atoms with E-state index in [0.29, 0.717) is 18.7 Å². The normalized spacial score (nSPS) is 11.2. The van der Waals surface area contributed by atoms with Gasteiger partial charge in [-0.3, -0.25) is 9.69 Å². The van der Waals surface area contributed by atoms with Gasteiger partial charge in [0.15, 0.2) is 0 Å². The second kappa shape index (κ2) is 12.3. The van der Waals surface area contributed by atoms with E-state index in [1.165, 1.54) is 17.7 Å². The third-order valence-electron chi connectivity index (χ3n) is 5.70. The average molecular weight is 463 g/mol. The number of imidazole rings is 1. The van der Waals surface area contributed by atoms with Crippen molar-refractivity contribution in [2.24, 2.45) is 0 Å². The van der Waals surface area contributed by atoms with Gasteiger partial charge in [0.1, 0.15) is 11.6 Å². The van der Waals surface area contributed by atoms with Crippen LogP contribution in [-0.2, 0) is 19.6 Å². The molecule has 0 saturated heterocycles. The Morgan fingerprint density at radius 1 is 1.06 bits per heavy atom. The molecule has 2 aromatic carbocycles. The maximum atomic E-state index is 13.7. The molecule has 0 N–H and O–H groups in total. The van der Waals surface area contributed by atoms with Crippen molar-refractivity contribution in [2.45, 2.75) is 46.3 Å². The first-order valence-corrected chi connectivity index (χ1v) is 12.0. The van der Waals surface area contributed by atoms with Crippen LogP contribution in [0, 0.1) is 5.82 Å². The lowest BCUT2D eigenvalue weighted by molar-refractivity contribution is 0.0736. The smallest absolute Gasteiger partial charge is 0.254 e. The number of halogens is 1. The van der Waals surface area contributed by atoms with Crippen molar-refractivity contribution in [1.82, 2.24) is 19.4 Å². The van der Waals surface area contributed by atoms with E-state index in [0.717, 1.165) is 55.9 Å². The van der Waals surface area contributed by atoms with Crippen LogP contribution in [0.25, 0.3) is 11.0 Å². The Morgan fingerprint density at radius 2 is 1.82 bits per heavy atom. The van der Waals surface area contributed by atoms with Crippen LogP contribution < -0.4 is 0 Å². The summed E-state index contributed by atoms with van der Waals surface area (Å²) in [6.45, 7) is 16.0. The largest absolute Gasteiger partial charge is 0.331 e. The number of aryl methyl sites for hydroxylation is 1. The summed E-state index contributed by atoms with van der Waals surface area (Å²) in [7, 11) is 0. The van der Waals surface area contributed by atoms with Crippen molar-refractivity contribution in [2.75, 3.05) is 19.6 Å². The number of carbonyl (C=O) groups excluding carboxylic acids is 1. The molecule has 3 aromatic rings. The second-order valence-electron chi connectivity index (χ2n) is 8.51. The topological polar surface area (TPSA) is 41.4 Å². The first-order chi connectivity index (χ1) is 16.5. The van der Waals surface area contributed by atoms with E-state index in [2.05, 4.69) is 47.7 Å². The van der Waals surface area contributed by atoms with Crippen LogP contribution in [0.2, 0.25) is 0 Å². The predicted molar refractivity (Wildman–Crippen MR) is 137 cm³/mol. The number of carbonyl (C=O) groups is 1. The maximum absolute atomic E-state index is 13.7. The highest BCUT2D eigenvalue weighted by molar-refractivity contribution is 5.94. The van der Waals surface area contributed by atoms with Crippen molar-refractivity contribution >= 4 is 16.9 Å². The van der Waals surface area contributed by atoms with Crippen LogP contribution in [0.5, 0.6) is 0 Å². The second-order valence-corrected chi connectivity index (χ2v) is 8.51. The summed E-state index contributed by atoms with van der Waals surface area (Å²) in [6.07, 6.45) is 5.56. The predicted octanol–water partition coefficient (Wildman–Crippen LogP) is 5.81. The Balaban J connectivity index is 1.92. The molecular formula is C28H35FN4O. The first-order valence-electron chi connectivity index (χ1n) is 12.0. The van der Waals surface area contributed by atoms with E-state index in [9.17, 15) is 9.18 Å². The van der Waals surface area contributed by atoms with E-state index in [1.807, 2.05) is 19.1 Å². The summed E-state index contributed by atoms with van der Waals surface area (Å²) in [5.41, 5.74) is 3.52. The third-order valence-corrected chi connectivity index (χ3v) is 5.70. The minimum atomic E-state index is -0.407. The maximum Gasteiger partial charge on any atom is 0.254 e. The van der Waals surface area contributed by atoms with Crippen molar-refractivity contribution in [1.29, 1.82) is 0 Å². The fourth-order valence-corrected chi connectivity index (χ4v) is 4.24. The van der Waals surface area contributed by atoms with Gasteiger partial charge in [0.05, 0.1) is 17.6 Å². The van der Waals surface area contributed by atoms with Crippen LogP contribution in [0.3, 0.4) is 0 Å². The highest BCUT2D eigenvalue weighted by Crippen LogP contribution is 2.22. The third kappa shape index (κ3) is 6.20. The minimum Gasteiger partial charge on any atom is -0.331 e. The number of aromatic nitrogens is 2. The number of nitrogens with zero attached hydrogens (tertiary/aromatic N) is 4. The molecule has 180 valence electrons. The fourth-order valence-electron chi connectivity index (χ4n) is 4.24. The molecular weight excluding hydrogens is 427 g/mol. The molecule has 0 atom stereocenters. The molecule has 5 nitrogen and oxygen atoms in total. The summed E-state index contributed by atoms with van der Waals surface area (Å²) >= 11 is 0. The van der Waals surface area contributed by atoms with Crippen molar-refractivity contribution in [3.63, 3.8) is 0 Å². The van der Waals surface area contributed by atoms with Crippen LogP contribution in [0.1, 0.15) is 48.4 Å². The molecule has 0 bridgehead atoms. The lowest BCUT2D eigenvalue weighted by Crippen LogP contribution is -2.32. The van der Waals surface area contributed by atoms with Crippen molar-refractivity contribution < 1.29 is 9.18 Å². The molecule has 0 fully saturated rings. The van der Waals surface area contributed by atoms with Gasteiger partial charge < -0.3 is 9.47 Å². The van der Waals surface area contributed by atoms with Gasteiger partial charge in [0.25, 0.3) is 5.91 Å². The highest BCUT2D eigenvalue weighted by Gasteiger charge is 2.20. The molecule has 0 aliphatic heterocycles. The average Bonchev–Trinajstić information content (AvgIpc) is 3.15. The standard InChI is InChI=1S/C28H35FN4O/c1-5-14-31(15-6-2)20-22-12-13-26-25(18-22)30-27(33(26)17-8-4)21-32(16-7-3)28(34)23-10-9-11-24(29)19-23/h5-6,9-13,18-19H,1-2,7-8,14-17,20-21H2,3-4H3. The van der Waals surface area contributed by atoms with Crippen LogP contribution >= 0.6 is 0 Å². The molecule has 0 aliphatic carbocycles. The van der Waals surface area contributed by atoms with Gasteiger partial charge in [-0.2, -0.15) is 0 Å². The Kier molecular flexibility index (Phi) is 9.16. The number of hydrogen-bond donors (Lipinski definition) is 0. The number of fused-ring (bicyclic) bond motifs is 1. The van der Waals surface area contributed by atoms with E-state index < -0.39 is 5.82 Å². The SMILES string of the molecule is C=CCN(CC=C)Cc1ccc2c(c1)nc(CN(CCC)C(=O)c1cccc(F)c1)n2CCC. The summed E-state index contributed by atoms with van der Waals surface area (Å²) < 4.78 is 15.9. The van der Waals surface area contributed by atoms with Gasteiger partial charge >= 0.3 is 0 Å². The van der Waals surface area contributed by atoms with Crippen molar-refractivity contribution in [3.8, 4) is 0 Å². The Bertz CT molecular complexity index is 1130. The van der Waals surface area contributed by atoms with E-state index in [1.54, 1.807) is 17.0 Å². The molecule has 0 radical (unpaired) electrons. The highest BCUT2D eigenvalue weighted by atomic mass is 19.1. The van der Waals surface area contributed by atoms with Gasteiger partial charge in [0.2, 0.25) is 0 Å². The summed E-state index contributed by atoms with van der Waals surface area (Å²) in [4.78, 5) is 22.1. The quantitative estimate of drug-likeness (QED) is 0.301.